The van der Waals surface area contributed by atoms with Crippen LogP contribution in [0.3, 0.4) is 0 Å². The molecule has 112 valence electrons. The molecular formula is C15H16FNO3S. The Labute approximate surface area is 123 Å². The highest BCUT2D eigenvalue weighted by Crippen LogP contribution is 2.16. The smallest absolute Gasteiger partial charge is 0.240 e. The molecule has 0 aliphatic rings. The molecule has 0 amide bonds. The van der Waals surface area contributed by atoms with Crippen molar-refractivity contribution in [2.45, 2.75) is 18.2 Å². The van der Waals surface area contributed by atoms with Gasteiger partial charge in [-0.2, -0.15) is 0 Å². The van der Waals surface area contributed by atoms with Gasteiger partial charge in [-0.15, -0.1) is 0 Å². The molecule has 0 aliphatic carbocycles. The van der Waals surface area contributed by atoms with Crippen LogP contribution in [0.25, 0.3) is 0 Å². The van der Waals surface area contributed by atoms with Crippen LogP contribution in [0.2, 0.25) is 0 Å². The Kier molecular flexibility index (Phi) is 4.59. The molecule has 0 bridgehead atoms. The Bertz CT molecular complexity index is 744. The highest BCUT2D eigenvalue weighted by molar-refractivity contribution is 7.89. The van der Waals surface area contributed by atoms with Gasteiger partial charge in [0.15, 0.2) is 0 Å². The average Bonchev–Trinajstić information content (AvgIpc) is 2.41. The molecular weight excluding hydrogens is 293 g/mol. The molecule has 0 radical (unpaired) electrons. The third-order valence-corrected chi connectivity index (χ3v) is 4.58. The summed E-state index contributed by atoms with van der Waals surface area (Å²) in [5.41, 5.74) is 1.67. The molecule has 0 spiro atoms. The van der Waals surface area contributed by atoms with Crippen molar-refractivity contribution in [1.29, 1.82) is 0 Å². The maximum Gasteiger partial charge on any atom is 0.240 e. The van der Waals surface area contributed by atoms with E-state index in [-0.39, 0.29) is 23.0 Å². The number of phenols is 1. The first kappa shape index (κ1) is 15.5. The van der Waals surface area contributed by atoms with E-state index in [1.54, 1.807) is 13.0 Å². The third kappa shape index (κ3) is 4.03. The van der Waals surface area contributed by atoms with Crippen molar-refractivity contribution >= 4 is 10.0 Å². The summed E-state index contributed by atoms with van der Waals surface area (Å²) in [6.07, 6.45) is 0.462. The number of benzene rings is 2. The molecule has 0 saturated heterocycles. The van der Waals surface area contributed by atoms with Gasteiger partial charge in [0, 0.05) is 6.54 Å². The van der Waals surface area contributed by atoms with E-state index in [9.17, 15) is 17.9 Å². The van der Waals surface area contributed by atoms with Crippen LogP contribution in [0.15, 0.2) is 47.4 Å². The number of hydrogen-bond donors (Lipinski definition) is 2. The summed E-state index contributed by atoms with van der Waals surface area (Å²) in [6.45, 7) is 1.98. The van der Waals surface area contributed by atoms with Crippen molar-refractivity contribution in [1.82, 2.24) is 4.72 Å². The first-order valence-electron chi connectivity index (χ1n) is 6.42. The Morgan fingerprint density at radius 3 is 2.62 bits per heavy atom. The maximum absolute atomic E-state index is 13.0. The summed E-state index contributed by atoms with van der Waals surface area (Å²) in [5, 5.41) is 9.31. The highest BCUT2D eigenvalue weighted by atomic mass is 32.2. The Balaban J connectivity index is 2.02. The van der Waals surface area contributed by atoms with Gasteiger partial charge in [0.25, 0.3) is 0 Å². The molecule has 0 aliphatic heterocycles. The van der Waals surface area contributed by atoms with E-state index in [0.29, 0.717) is 6.42 Å². The van der Waals surface area contributed by atoms with E-state index >= 15 is 0 Å². The fourth-order valence-corrected chi connectivity index (χ4v) is 3.06. The van der Waals surface area contributed by atoms with E-state index in [1.165, 1.54) is 36.4 Å². The SMILES string of the molecule is Cc1cc(F)ccc1CCNS(=O)(=O)c1cccc(O)c1. The lowest BCUT2D eigenvalue weighted by molar-refractivity contribution is 0.473. The summed E-state index contributed by atoms with van der Waals surface area (Å²) in [6, 6.07) is 9.88. The standard InChI is InChI=1S/C15H16FNO3S/c1-11-9-13(16)6-5-12(11)7-8-17-21(19,20)15-4-2-3-14(18)10-15/h2-6,9-10,17-18H,7-8H2,1H3. The predicted molar refractivity (Wildman–Crippen MR) is 78.1 cm³/mol. The van der Waals surface area contributed by atoms with Crippen molar-refractivity contribution in [2.24, 2.45) is 0 Å². The second-order valence-electron chi connectivity index (χ2n) is 4.72. The quantitative estimate of drug-likeness (QED) is 0.891. The minimum Gasteiger partial charge on any atom is -0.508 e. The molecule has 2 aromatic rings. The van der Waals surface area contributed by atoms with Crippen LogP contribution in [0.4, 0.5) is 4.39 Å². The number of aromatic hydroxyl groups is 1. The molecule has 0 saturated carbocycles. The largest absolute Gasteiger partial charge is 0.508 e. The number of nitrogens with one attached hydrogen (secondary N) is 1. The zero-order valence-electron chi connectivity index (χ0n) is 11.5. The Morgan fingerprint density at radius 1 is 1.19 bits per heavy atom. The molecule has 2 aromatic carbocycles. The molecule has 2 N–H and O–H groups in total. The zero-order chi connectivity index (χ0) is 15.5. The molecule has 4 nitrogen and oxygen atoms in total. The van der Waals surface area contributed by atoms with Gasteiger partial charge in [0.1, 0.15) is 11.6 Å². The van der Waals surface area contributed by atoms with E-state index in [0.717, 1.165) is 11.1 Å². The lowest BCUT2D eigenvalue weighted by Gasteiger charge is -2.09. The van der Waals surface area contributed by atoms with Gasteiger partial charge in [0.2, 0.25) is 10.0 Å². The van der Waals surface area contributed by atoms with E-state index in [2.05, 4.69) is 4.72 Å². The van der Waals surface area contributed by atoms with Crippen molar-refractivity contribution < 1.29 is 17.9 Å². The normalized spacial score (nSPS) is 11.5. The number of halogens is 1. The van der Waals surface area contributed by atoms with Crippen molar-refractivity contribution in [2.75, 3.05) is 6.54 Å². The number of aryl methyl sites for hydroxylation is 1. The predicted octanol–water partition coefficient (Wildman–Crippen LogP) is 2.36. The first-order chi connectivity index (χ1) is 9.88. The molecule has 21 heavy (non-hydrogen) atoms. The fraction of sp³-hybridized carbons (Fsp3) is 0.200. The Morgan fingerprint density at radius 2 is 1.95 bits per heavy atom. The van der Waals surface area contributed by atoms with Crippen molar-refractivity contribution in [3.8, 4) is 5.75 Å². The van der Waals surface area contributed by atoms with Gasteiger partial charge in [-0.05, 0) is 54.8 Å². The first-order valence-corrected chi connectivity index (χ1v) is 7.90. The Hall–Kier alpha value is -1.92. The third-order valence-electron chi connectivity index (χ3n) is 3.12. The van der Waals surface area contributed by atoms with Gasteiger partial charge >= 0.3 is 0 Å². The van der Waals surface area contributed by atoms with Gasteiger partial charge in [-0.1, -0.05) is 12.1 Å². The van der Waals surface area contributed by atoms with Gasteiger partial charge in [-0.25, -0.2) is 17.5 Å². The monoisotopic (exact) mass is 309 g/mol. The summed E-state index contributed by atoms with van der Waals surface area (Å²) >= 11 is 0. The van der Waals surface area contributed by atoms with Gasteiger partial charge < -0.3 is 5.11 Å². The van der Waals surface area contributed by atoms with Crippen LogP contribution in [0, 0.1) is 12.7 Å². The molecule has 6 heteroatoms. The van der Waals surface area contributed by atoms with Gasteiger partial charge in [-0.3, -0.25) is 0 Å². The fourth-order valence-electron chi connectivity index (χ4n) is 1.99. The minimum atomic E-state index is -3.66. The van der Waals surface area contributed by atoms with Crippen LogP contribution in [0.5, 0.6) is 5.75 Å². The summed E-state index contributed by atoms with van der Waals surface area (Å²) < 4.78 is 39.5. The lowest BCUT2D eigenvalue weighted by Crippen LogP contribution is -2.26. The molecule has 0 fully saturated rings. The molecule has 0 heterocycles. The summed E-state index contributed by atoms with van der Waals surface area (Å²) in [7, 11) is -3.66. The van der Waals surface area contributed by atoms with E-state index in [4.69, 9.17) is 0 Å². The maximum atomic E-state index is 13.0. The molecule has 0 aromatic heterocycles. The minimum absolute atomic E-state index is 0.0123. The van der Waals surface area contributed by atoms with Gasteiger partial charge in [0.05, 0.1) is 4.90 Å². The van der Waals surface area contributed by atoms with E-state index in [1.807, 2.05) is 0 Å². The second kappa shape index (κ2) is 6.24. The topological polar surface area (TPSA) is 66.4 Å². The number of sulfonamides is 1. The number of phenolic OH excluding ortho intramolecular Hbond substituents is 1. The molecule has 0 unspecified atom stereocenters. The van der Waals surface area contributed by atoms with Crippen molar-refractivity contribution in [3.05, 3.63) is 59.4 Å². The highest BCUT2D eigenvalue weighted by Gasteiger charge is 2.13. The van der Waals surface area contributed by atoms with E-state index < -0.39 is 10.0 Å². The van der Waals surface area contributed by atoms with Crippen LogP contribution in [-0.2, 0) is 16.4 Å². The summed E-state index contributed by atoms with van der Waals surface area (Å²) in [5.74, 6) is -0.413. The van der Waals surface area contributed by atoms with Crippen molar-refractivity contribution in [3.63, 3.8) is 0 Å². The zero-order valence-corrected chi connectivity index (χ0v) is 12.3. The van der Waals surface area contributed by atoms with Crippen LogP contribution >= 0.6 is 0 Å². The average molecular weight is 309 g/mol. The molecule has 2 rings (SSSR count). The molecule has 0 atom stereocenters. The number of hydrogen-bond acceptors (Lipinski definition) is 3. The lowest BCUT2D eigenvalue weighted by atomic mass is 10.1. The van der Waals surface area contributed by atoms with Crippen LogP contribution < -0.4 is 4.72 Å². The summed E-state index contributed by atoms with van der Waals surface area (Å²) in [4.78, 5) is 0.0123. The second-order valence-corrected chi connectivity index (χ2v) is 6.48. The van der Waals surface area contributed by atoms with Crippen LogP contribution in [0.1, 0.15) is 11.1 Å². The number of rotatable bonds is 5. The van der Waals surface area contributed by atoms with Crippen LogP contribution in [-0.4, -0.2) is 20.1 Å².